The maximum Gasteiger partial charge on any atom is 0.170 e. The van der Waals surface area contributed by atoms with E-state index >= 15 is 0 Å². The topological polar surface area (TPSA) is 35.5 Å². The van der Waals surface area contributed by atoms with Gasteiger partial charge in [0.2, 0.25) is 0 Å². The van der Waals surface area contributed by atoms with Gasteiger partial charge in [-0.3, -0.25) is 4.79 Å². The Hall–Kier alpha value is -1.51. The third-order valence-corrected chi connectivity index (χ3v) is 2.18. The van der Waals surface area contributed by atoms with E-state index in [1.54, 1.807) is 32.4 Å². The van der Waals surface area contributed by atoms with E-state index in [-0.39, 0.29) is 5.78 Å². The van der Waals surface area contributed by atoms with Crippen LogP contribution in [0, 0.1) is 0 Å². The van der Waals surface area contributed by atoms with Gasteiger partial charge >= 0.3 is 0 Å². The first kappa shape index (κ1) is 11.6. The molecule has 0 aliphatic rings. The monoisotopic (exact) mass is 208 g/mol. The van der Waals surface area contributed by atoms with Crippen molar-refractivity contribution in [3.63, 3.8) is 0 Å². The number of rotatable bonds is 5. The van der Waals surface area contributed by atoms with E-state index in [1.807, 2.05) is 6.92 Å². The van der Waals surface area contributed by atoms with Crippen molar-refractivity contribution in [2.75, 3.05) is 14.2 Å². The first-order valence-electron chi connectivity index (χ1n) is 4.98. The summed E-state index contributed by atoms with van der Waals surface area (Å²) in [5.74, 6) is 1.22. The summed E-state index contributed by atoms with van der Waals surface area (Å²) in [5.41, 5.74) is 0.546. The van der Waals surface area contributed by atoms with Gasteiger partial charge in [0, 0.05) is 6.42 Å². The van der Waals surface area contributed by atoms with Crippen LogP contribution in [-0.4, -0.2) is 20.0 Å². The zero-order valence-electron chi connectivity index (χ0n) is 9.37. The summed E-state index contributed by atoms with van der Waals surface area (Å²) in [4.78, 5) is 11.8. The molecule has 0 bridgehead atoms. The summed E-state index contributed by atoms with van der Waals surface area (Å²) in [5, 5.41) is 0. The standard InChI is InChI=1S/C12H16O3/c1-4-6-9(13)12-10(14-2)7-5-8-11(12)15-3/h5,7-8H,4,6H2,1-3H3. The van der Waals surface area contributed by atoms with Crippen LogP contribution in [0.4, 0.5) is 0 Å². The smallest absolute Gasteiger partial charge is 0.170 e. The second-order valence-electron chi connectivity index (χ2n) is 3.21. The van der Waals surface area contributed by atoms with Crippen molar-refractivity contribution in [3.8, 4) is 11.5 Å². The van der Waals surface area contributed by atoms with Gasteiger partial charge in [0.15, 0.2) is 5.78 Å². The van der Waals surface area contributed by atoms with Crippen LogP contribution in [0.2, 0.25) is 0 Å². The maximum atomic E-state index is 11.8. The molecule has 1 aromatic carbocycles. The van der Waals surface area contributed by atoms with E-state index in [2.05, 4.69) is 0 Å². The molecule has 0 saturated carbocycles. The van der Waals surface area contributed by atoms with Gasteiger partial charge in [-0.05, 0) is 18.6 Å². The number of Topliss-reactive ketones (excluding diaryl/α,β-unsaturated/α-hetero) is 1. The minimum atomic E-state index is 0.0619. The lowest BCUT2D eigenvalue weighted by molar-refractivity contribution is 0.0975. The zero-order chi connectivity index (χ0) is 11.3. The molecule has 1 aromatic rings. The van der Waals surface area contributed by atoms with E-state index in [0.29, 0.717) is 23.5 Å². The Bertz CT molecular complexity index is 322. The fourth-order valence-corrected chi connectivity index (χ4v) is 1.48. The number of methoxy groups -OCH3 is 2. The molecule has 0 N–H and O–H groups in total. The van der Waals surface area contributed by atoms with Gasteiger partial charge in [0.1, 0.15) is 17.1 Å². The Morgan fingerprint density at radius 3 is 2.13 bits per heavy atom. The zero-order valence-corrected chi connectivity index (χ0v) is 9.37. The lowest BCUT2D eigenvalue weighted by Gasteiger charge is -2.11. The molecule has 0 heterocycles. The first-order chi connectivity index (χ1) is 7.24. The normalized spacial score (nSPS) is 9.80. The molecule has 0 aromatic heterocycles. The quantitative estimate of drug-likeness (QED) is 0.698. The average molecular weight is 208 g/mol. The maximum absolute atomic E-state index is 11.8. The third kappa shape index (κ3) is 2.49. The summed E-state index contributed by atoms with van der Waals surface area (Å²) in [6, 6.07) is 5.34. The molecule has 3 heteroatoms. The molecular weight excluding hydrogens is 192 g/mol. The molecule has 15 heavy (non-hydrogen) atoms. The molecule has 0 spiro atoms. The van der Waals surface area contributed by atoms with Gasteiger partial charge in [0.25, 0.3) is 0 Å². The van der Waals surface area contributed by atoms with Crippen molar-refractivity contribution in [2.45, 2.75) is 19.8 Å². The Morgan fingerprint density at radius 2 is 1.73 bits per heavy atom. The number of hydrogen-bond donors (Lipinski definition) is 0. The third-order valence-electron chi connectivity index (χ3n) is 2.18. The van der Waals surface area contributed by atoms with Gasteiger partial charge in [-0.1, -0.05) is 13.0 Å². The molecule has 0 radical (unpaired) electrons. The van der Waals surface area contributed by atoms with Crippen LogP contribution in [0.25, 0.3) is 0 Å². The molecule has 0 unspecified atom stereocenters. The number of carbonyl (C=O) groups is 1. The highest BCUT2D eigenvalue weighted by Crippen LogP contribution is 2.29. The molecule has 1 rings (SSSR count). The van der Waals surface area contributed by atoms with Gasteiger partial charge in [0.05, 0.1) is 14.2 Å². The Morgan fingerprint density at radius 1 is 1.20 bits per heavy atom. The minimum absolute atomic E-state index is 0.0619. The van der Waals surface area contributed by atoms with Crippen LogP contribution >= 0.6 is 0 Å². The summed E-state index contributed by atoms with van der Waals surface area (Å²) >= 11 is 0. The molecule has 0 amide bonds. The summed E-state index contributed by atoms with van der Waals surface area (Å²) < 4.78 is 10.3. The molecule has 0 saturated heterocycles. The van der Waals surface area contributed by atoms with Gasteiger partial charge in [-0.15, -0.1) is 0 Å². The van der Waals surface area contributed by atoms with E-state index in [1.165, 1.54) is 0 Å². The van der Waals surface area contributed by atoms with Crippen LogP contribution in [0.5, 0.6) is 11.5 Å². The van der Waals surface area contributed by atoms with E-state index in [4.69, 9.17) is 9.47 Å². The van der Waals surface area contributed by atoms with Gasteiger partial charge in [-0.2, -0.15) is 0 Å². The predicted octanol–water partition coefficient (Wildman–Crippen LogP) is 2.69. The number of ketones is 1. The van der Waals surface area contributed by atoms with Crippen molar-refractivity contribution in [1.82, 2.24) is 0 Å². The second kappa shape index (κ2) is 5.39. The molecule has 0 atom stereocenters. The Balaban J connectivity index is 3.15. The molecule has 3 nitrogen and oxygen atoms in total. The van der Waals surface area contributed by atoms with Crippen molar-refractivity contribution in [1.29, 1.82) is 0 Å². The largest absolute Gasteiger partial charge is 0.496 e. The van der Waals surface area contributed by atoms with Gasteiger partial charge < -0.3 is 9.47 Å². The fourth-order valence-electron chi connectivity index (χ4n) is 1.48. The number of benzene rings is 1. The Labute approximate surface area is 90.0 Å². The van der Waals surface area contributed by atoms with Crippen molar-refractivity contribution in [3.05, 3.63) is 23.8 Å². The number of ether oxygens (including phenoxy) is 2. The summed E-state index contributed by atoms with van der Waals surface area (Å²) in [6.07, 6.45) is 1.33. The Kier molecular flexibility index (Phi) is 4.16. The molecule has 0 aliphatic heterocycles. The van der Waals surface area contributed by atoms with Crippen LogP contribution in [0.15, 0.2) is 18.2 Å². The number of hydrogen-bond acceptors (Lipinski definition) is 3. The second-order valence-corrected chi connectivity index (χ2v) is 3.21. The molecule has 0 aliphatic carbocycles. The van der Waals surface area contributed by atoms with Crippen LogP contribution in [0.1, 0.15) is 30.1 Å². The minimum Gasteiger partial charge on any atom is -0.496 e. The van der Waals surface area contributed by atoms with Crippen molar-refractivity contribution >= 4 is 5.78 Å². The van der Waals surface area contributed by atoms with Crippen molar-refractivity contribution < 1.29 is 14.3 Å². The lowest BCUT2D eigenvalue weighted by Crippen LogP contribution is -2.04. The lowest BCUT2D eigenvalue weighted by atomic mass is 10.0. The van der Waals surface area contributed by atoms with Crippen LogP contribution in [0.3, 0.4) is 0 Å². The SMILES string of the molecule is CCCC(=O)c1c(OC)cccc1OC. The summed E-state index contributed by atoms with van der Waals surface area (Å²) in [7, 11) is 3.11. The highest BCUT2D eigenvalue weighted by Gasteiger charge is 2.16. The molecule has 82 valence electrons. The number of carbonyl (C=O) groups excluding carboxylic acids is 1. The van der Waals surface area contributed by atoms with Crippen molar-refractivity contribution in [2.24, 2.45) is 0 Å². The fraction of sp³-hybridized carbons (Fsp3) is 0.417. The summed E-state index contributed by atoms with van der Waals surface area (Å²) in [6.45, 7) is 1.97. The van der Waals surface area contributed by atoms with E-state index < -0.39 is 0 Å². The average Bonchev–Trinajstić information content (AvgIpc) is 2.28. The predicted molar refractivity (Wildman–Crippen MR) is 58.8 cm³/mol. The van der Waals surface area contributed by atoms with E-state index in [9.17, 15) is 4.79 Å². The van der Waals surface area contributed by atoms with Crippen LogP contribution < -0.4 is 9.47 Å². The first-order valence-corrected chi connectivity index (χ1v) is 4.98. The molecule has 0 fully saturated rings. The highest BCUT2D eigenvalue weighted by atomic mass is 16.5. The molecular formula is C12H16O3. The van der Waals surface area contributed by atoms with Gasteiger partial charge in [-0.25, -0.2) is 0 Å². The highest BCUT2D eigenvalue weighted by molar-refractivity contribution is 6.01. The van der Waals surface area contributed by atoms with Crippen LogP contribution in [-0.2, 0) is 0 Å². The van der Waals surface area contributed by atoms with E-state index in [0.717, 1.165) is 6.42 Å².